The van der Waals surface area contributed by atoms with E-state index in [0.29, 0.717) is 5.39 Å². The molecule has 0 aliphatic rings. The Hall–Kier alpha value is -1.58. The quantitative estimate of drug-likeness (QED) is 0.606. The second-order valence-corrected chi connectivity index (χ2v) is 3.35. The summed E-state index contributed by atoms with van der Waals surface area (Å²) in [7, 11) is 0. The Morgan fingerprint density at radius 1 is 0.895 bits per heavy atom. The molecule has 0 fully saturated rings. The molecule has 0 bridgehead atoms. The van der Waals surface area contributed by atoms with E-state index in [9.17, 15) is 13.2 Å². The Labute approximate surface area is 112 Å². The average molecular weight is 271 g/mol. The van der Waals surface area contributed by atoms with Crippen LogP contribution in [-0.2, 0) is 6.18 Å². The molecule has 0 radical (unpaired) electrons. The number of aromatic nitrogens is 1. The first-order valence-electron chi connectivity index (χ1n) is 6.40. The lowest BCUT2D eigenvalue weighted by Gasteiger charge is -2.10. The summed E-state index contributed by atoms with van der Waals surface area (Å²) in [6.07, 6.45) is -1.51. The Morgan fingerprint density at radius 2 is 1.47 bits per heavy atom. The van der Waals surface area contributed by atoms with Crippen LogP contribution in [-0.4, -0.2) is 4.98 Å². The Morgan fingerprint density at radius 3 is 2.00 bits per heavy atom. The van der Waals surface area contributed by atoms with Gasteiger partial charge >= 0.3 is 6.18 Å². The number of pyridine rings is 1. The average Bonchev–Trinajstić information content (AvgIpc) is 2.42. The number of hydrogen-bond donors (Lipinski definition) is 0. The van der Waals surface area contributed by atoms with Gasteiger partial charge in [-0.05, 0) is 23.9 Å². The maximum absolute atomic E-state index is 12.6. The number of alkyl halides is 3. The predicted octanol–water partition coefficient (Wildman–Crippen LogP) is 5.61. The molecule has 106 valence electrons. The van der Waals surface area contributed by atoms with Crippen LogP contribution in [0.4, 0.5) is 13.2 Å². The largest absolute Gasteiger partial charge is 0.417 e. The van der Waals surface area contributed by atoms with Crippen LogP contribution in [0.3, 0.4) is 0 Å². The number of aryl methyl sites for hydroxylation is 1. The molecule has 0 aliphatic carbocycles. The van der Waals surface area contributed by atoms with Crippen LogP contribution in [0.2, 0.25) is 0 Å². The molecule has 0 N–H and O–H groups in total. The van der Waals surface area contributed by atoms with E-state index >= 15 is 0 Å². The van der Waals surface area contributed by atoms with Crippen LogP contribution in [0, 0.1) is 6.92 Å². The van der Waals surface area contributed by atoms with Crippen LogP contribution in [0.15, 0.2) is 30.6 Å². The summed E-state index contributed by atoms with van der Waals surface area (Å²) in [4.78, 5) is 3.79. The first-order chi connectivity index (χ1) is 9.00. The molecular weight excluding hydrogens is 251 g/mol. The van der Waals surface area contributed by atoms with E-state index in [1.165, 1.54) is 12.3 Å². The normalized spacial score (nSPS) is 10.1. The molecular formula is C15H20F3N. The summed E-state index contributed by atoms with van der Waals surface area (Å²) >= 11 is 0. The van der Waals surface area contributed by atoms with Crippen LogP contribution in [0.1, 0.15) is 38.8 Å². The lowest BCUT2D eigenvalue weighted by atomic mass is 10.0. The highest BCUT2D eigenvalue weighted by atomic mass is 19.4. The van der Waals surface area contributed by atoms with Gasteiger partial charge in [0.15, 0.2) is 0 Å². The highest BCUT2D eigenvalue weighted by Gasteiger charge is 2.32. The van der Waals surface area contributed by atoms with E-state index in [4.69, 9.17) is 0 Å². The van der Waals surface area contributed by atoms with Crippen molar-refractivity contribution in [1.29, 1.82) is 0 Å². The third-order valence-electron chi connectivity index (χ3n) is 2.31. The number of rotatable bonds is 0. The van der Waals surface area contributed by atoms with Gasteiger partial charge in [0, 0.05) is 17.8 Å². The zero-order valence-electron chi connectivity index (χ0n) is 12.0. The van der Waals surface area contributed by atoms with Crippen molar-refractivity contribution in [2.24, 2.45) is 0 Å². The van der Waals surface area contributed by atoms with Gasteiger partial charge in [-0.2, -0.15) is 13.2 Å². The standard InChI is InChI=1S/C11H8F3N.2C2H6/c1-7-5-15-6-9-8(7)3-2-4-10(9)11(12,13)14;2*1-2/h2-6H,1H3;2*1-2H3. The zero-order valence-corrected chi connectivity index (χ0v) is 12.0. The summed E-state index contributed by atoms with van der Waals surface area (Å²) in [5.74, 6) is 0. The third-order valence-corrected chi connectivity index (χ3v) is 2.31. The number of benzene rings is 1. The molecule has 1 nitrogen and oxygen atoms in total. The van der Waals surface area contributed by atoms with Gasteiger partial charge in [0.1, 0.15) is 0 Å². The lowest BCUT2D eigenvalue weighted by Crippen LogP contribution is -2.05. The van der Waals surface area contributed by atoms with Crippen molar-refractivity contribution in [2.75, 3.05) is 0 Å². The van der Waals surface area contributed by atoms with Gasteiger partial charge in [-0.25, -0.2) is 0 Å². The Kier molecular flexibility index (Phi) is 7.12. The van der Waals surface area contributed by atoms with Gasteiger partial charge in [-0.15, -0.1) is 0 Å². The molecule has 2 aromatic rings. The molecule has 1 heterocycles. The van der Waals surface area contributed by atoms with Gasteiger partial charge in [0.25, 0.3) is 0 Å². The van der Waals surface area contributed by atoms with Crippen molar-refractivity contribution < 1.29 is 13.2 Å². The molecule has 0 aliphatic heterocycles. The first-order valence-corrected chi connectivity index (χ1v) is 6.40. The maximum Gasteiger partial charge on any atom is 0.417 e. The van der Waals surface area contributed by atoms with Crippen molar-refractivity contribution in [3.05, 3.63) is 41.7 Å². The van der Waals surface area contributed by atoms with E-state index in [1.807, 2.05) is 27.7 Å². The molecule has 1 aromatic carbocycles. The molecule has 0 saturated carbocycles. The number of halogens is 3. The molecule has 0 saturated heterocycles. The second kappa shape index (κ2) is 7.77. The molecule has 0 atom stereocenters. The summed E-state index contributed by atoms with van der Waals surface area (Å²) in [5.41, 5.74) is 0.120. The zero-order chi connectivity index (χ0) is 15.1. The molecule has 2 rings (SSSR count). The highest BCUT2D eigenvalue weighted by molar-refractivity contribution is 5.87. The minimum Gasteiger partial charge on any atom is -0.264 e. The SMILES string of the molecule is CC.CC.Cc1cncc2c(C(F)(F)F)cccc12. The van der Waals surface area contributed by atoms with E-state index in [-0.39, 0.29) is 5.39 Å². The van der Waals surface area contributed by atoms with E-state index < -0.39 is 11.7 Å². The van der Waals surface area contributed by atoms with Gasteiger partial charge in [0.2, 0.25) is 0 Å². The topological polar surface area (TPSA) is 12.9 Å². The second-order valence-electron chi connectivity index (χ2n) is 3.35. The molecule has 0 spiro atoms. The summed E-state index contributed by atoms with van der Waals surface area (Å²) < 4.78 is 37.9. The third kappa shape index (κ3) is 4.23. The van der Waals surface area contributed by atoms with Gasteiger partial charge < -0.3 is 0 Å². The minimum atomic E-state index is -4.32. The molecule has 4 heteroatoms. The van der Waals surface area contributed by atoms with E-state index in [1.54, 1.807) is 19.2 Å². The van der Waals surface area contributed by atoms with Crippen LogP contribution >= 0.6 is 0 Å². The Bertz CT molecular complexity index is 504. The van der Waals surface area contributed by atoms with Crippen molar-refractivity contribution in [2.45, 2.75) is 40.8 Å². The maximum atomic E-state index is 12.6. The molecule has 0 unspecified atom stereocenters. The number of hydrogen-bond acceptors (Lipinski definition) is 1. The number of fused-ring (bicyclic) bond motifs is 1. The summed E-state index contributed by atoms with van der Waals surface area (Å²) in [6, 6.07) is 4.16. The predicted molar refractivity (Wildman–Crippen MR) is 74.2 cm³/mol. The summed E-state index contributed by atoms with van der Waals surface area (Å²) in [5, 5.41) is 0.754. The van der Waals surface area contributed by atoms with E-state index in [0.717, 1.165) is 11.6 Å². The highest BCUT2D eigenvalue weighted by Crippen LogP contribution is 2.34. The van der Waals surface area contributed by atoms with Gasteiger partial charge in [-0.3, -0.25) is 4.98 Å². The Balaban J connectivity index is 0.000000741. The van der Waals surface area contributed by atoms with Crippen molar-refractivity contribution in [3.8, 4) is 0 Å². The number of nitrogens with zero attached hydrogens (tertiary/aromatic N) is 1. The van der Waals surface area contributed by atoms with E-state index in [2.05, 4.69) is 4.98 Å². The minimum absolute atomic E-state index is 0.157. The van der Waals surface area contributed by atoms with Crippen molar-refractivity contribution in [1.82, 2.24) is 4.98 Å². The fourth-order valence-corrected chi connectivity index (χ4v) is 1.59. The van der Waals surface area contributed by atoms with Crippen molar-refractivity contribution >= 4 is 10.8 Å². The monoisotopic (exact) mass is 271 g/mol. The van der Waals surface area contributed by atoms with Gasteiger partial charge in [-0.1, -0.05) is 39.8 Å². The van der Waals surface area contributed by atoms with Crippen molar-refractivity contribution in [3.63, 3.8) is 0 Å². The summed E-state index contributed by atoms with van der Waals surface area (Å²) in [6.45, 7) is 9.75. The fraction of sp³-hybridized carbons (Fsp3) is 0.400. The van der Waals surface area contributed by atoms with Crippen LogP contribution in [0.25, 0.3) is 10.8 Å². The van der Waals surface area contributed by atoms with Crippen LogP contribution in [0.5, 0.6) is 0 Å². The molecule has 19 heavy (non-hydrogen) atoms. The lowest BCUT2D eigenvalue weighted by molar-refractivity contribution is -0.136. The smallest absolute Gasteiger partial charge is 0.264 e. The first kappa shape index (κ1) is 17.4. The molecule has 1 aromatic heterocycles. The van der Waals surface area contributed by atoms with Crippen LogP contribution < -0.4 is 0 Å². The fourth-order valence-electron chi connectivity index (χ4n) is 1.59. The van der Waals surface area contributed by atoms with Gasteiger partial charge in [0.05, 0.1) is 5.56 Å². The molecule has 0 amide bonds.